The molecule has 0 saturated carbocycles. The van der Waals surface area contributed by atoms with E-state index in [2.05, 4.69) is 10.2 Å². The van der Waals surface area contributed by atoms with Crippen molar-refractivity contribution >= 4 is 28.4 Å². The summed E-state index contributed by atoms with van der Waals surface area (Å²) in [7, 11) is 0. The van der Waals surface area contributed by atoms with Crippen LogP contribution in [-0.4, -0.2) is 37.5 Å². The number of furan rings is 1. The highest BCUT2D eigenvalue weighted by Crippen LogP contribution is 2.33. The smallest absolute Gasteiger partial charge is 0.357 e. The van der Waals surface area contributed by atoms with E-state index in [1.807, 2.05) is 31.2 Å². The summed E-state index contributed by atoms with van der Waals surface area (Å²) in [5.74, 6) is -1.24. The van der Waals surface area contributed by atoms with Crippen LogP contribution in [0.4, 0.5) is 0 Å². The highest BCUT2D eigenvalue weighted by atomic mass is 16.4. The van der Waals surface area contributed by atoms with Crippen molar-refractivity contribution in [2.45, 2.75) is 25.9 Å². The van der Waals surface area contributed by atoms with Crippen LogP contribution in [0.2, 0.25) is 0 Å². The Bertz CT molecular complexity index is 1490. The van der Waals surface area contributed by atoms with Crippen molar-refractivity contribution < 1.29 is 19.1 Å². The van der Waals surface area contributed by atoms with E-state index in [1.54, 1.807) is 24.3 Å². The Morgan fingerprint density at radius 1 is 1.06 bits per heavy atom. The molecular weight excluding hydrogens is 436 g/mol. The van der Waals surface area contributed by atoms with Gasteiger partial charge in [-0.3, -0.25) is 9.59 Å². The standard InChI is InChI=1S/C25H20N4O5/c1-15-8-10-16(11-9-15)19-13-20(21-7-4-12-34-21)29(26-19)22(30)14-28-24(31)18-6-3-2-5-17(18)23(27-28)25(32)33/h2-12,20H,13-14H2,1H3,(H,32,33)/t20-/m1/s1. The Hall–Kier alpha value is -4.53. The average Bonchev–Trinajstić information content (AvgIpc) is 3.51. The van der Waals surface area contributed by atoms with Crippen molar-refractivity contribution in [2.75, 3.05) is 0 Å². The van der Waals surface area contributed by atoms with Crippen molar-refractivity contribution in [3.63, 3.8) is 0 Å². The largest absolute Gasteiger partial charge is 0.476 e. The predicted octanol–water partition coefficient (Wildman–Crippen LogP) is 3.37. The lowest BCUT2D eigenvalue weighted by molar-refractivity contribution is -0.134. The number of hydrazone groups is 1. The molecule has 2 aromatic carbocycles. The quantitative estimate of drug-likeness (QED) is 0.492. The number of aromatic nitrogens is 2. The van der Waals surface area contributed by atoms with Crippen LogP contribution in [0.15, 0.2) is 81.2 Å². The molecule has 4 aromatic rings. The number of aryl methyl sites for hydroxylation is 1. The van der Waals surface area contributed by atoms with Crippen molar-refractivity contribution in [3.05, 3.63) is 99.9 Å². The monoisotopic (exact) mass is 456 g/mol. The van der Waals surface area contributed by atoms with Gasteiger partial charge in [0.25, 0.3) is 11.5 Å². The first kappa shape index (κ1) is 21.3. The highest BCUT2D eigenvalue weighted by Gasteiger charge is 2.35. The fraction of sp³-hybridized carbons (Fsp3) is 0.160. The molecule has 170 valence electrons. The van der Waals surface area contributed by atoms with Gasteiger partial charge in [-0.2, -0.15) is 10.2 Å². The first-order chi connectivity index (χ1) is 16.4. The third-order valence-corrected chi connectivity index (χ3v) is 5.78. The number of fused-ring (bicyclic) bond motifs is 1. The minimum atomic E-state index is -1.29. The lowest BCUT2D eigenvalue weighted by atomic mass is 10.0. The number of aromatic carboxylic acids is 1. The lowest BCUT2D eigenvalue weighted by Crippen LogP contribution is -2.35. The summed E-state index contributed by atoms with van der Waals surface area (Å²) in [6.07, 6.45) is 1.96. The van der Waals surface area contributed by atoms with E-state index in [0.29, 0.717) is 17.9 Å². The first-order valence-electron chi connectivity index (χ1n) is 10.7. The van der Waals surface area contributed by atoms with Crippen LogP contribution in [-0.2, 0) is 11.3 Å². The molecule has 0 spiro atoms. The van der Waals surface area contributed by atoms with E-state index in [0.717, 1.165) is 15.8 Å². The van der Waals surface area contributed by atoms with Crippen LogP contribution >= 0.6 is 0 Å². The summed E-state index contributed by atoms with van der Waals surface area (Å²) in [5, 5.41) is 19.8. The van der Waals surface area contributed by atoms with E-state index >= 15 is 0 Å². The van der Waals surface area contributed by atoms with Crippen LogP contribution in [0.3, 0.4) is 0 Å². The molecule has 0 fully saturated rings. The van der Waals surface area contributed by atoms with Crippen molar-refractivity contribution in [1.29, 1.82) is 0 Å². The summed E-state index contributed by atoms with van der Waals surface area (Å²) in [4.78, 5) is 38.1. The van der Waals surface area contributed by atoms with Crippen LogP contribution in [0.25, 0.3) is 10.8 Å². The number of rotatable bonds is 5. The van der Waals surface area contributed by atoms with Gasteiger partial charge in [-0.1, -0.05) is 48.0 Å². The molecule has 1 atom stereocenters. The molecule has 0 radical (unpaired) electrons. The molecule has 1 aliphatic heterocycles. The minimum Gasteiger partial charge on any atom is -0.476 e. The van der Waals surface area contributed by atoms with Gasteiger partial charge in [-0.15, -0.1) is 0 Å². The van der Waals surface area contributed by atoms with Gasteiger partial charge in [-0.05, 0) is 30.7 Å². The lowest BCUT2D eigenvalue weighted by Gasteiger charge is -2.20. The molecule has 3 heterocycles. The number of hydrogen-bond donors (Lipinski definition) is 1. The molecule has 0 bridgehead atoms. The van der Waals surface area contributed by atoms with Crippen molar-refractivity contribution in [2.24, 2.45) is 5.10 Å². The Kier molecular flexibility index (Phi) is 5.29. The number of nitrogens with zero attached hydrogens (tertiary/aromatic N) is 4. The second-order valence-corrected chi connectivity index (χ2v) is 8.05. The first-order valence-corrected chi connectivity index (χ1v) is 10.7. The van der Waals surface area contributed by atoms with Gasteiger partial charge in [0, 0.05) is 11.8 Å². The molecule has 9 heteroatoms. The Morgan fingerprint density at radius 3 is 2.47 bits per heavy atom. The fourth-order valence-electron chi connectivity index (χ4n) is 4.06. The second kappa shape index (κ2) is 8.43. The number of carbonyl (C=O) groups excluding carboxylic acids is 1. The fourth-order valence-corrected chi connectivity index (χ4v) is 4.06. The molecule has 9 nitrogen and oxygen atoms in total. The number of carboxylic acid groups (broad SMARTS) is 1. The molecule has 34 heavy (non-hydrogen) atoms. The van der Waals surface area contributed by atoms with Crippen LogP contribution < -0.4 is 5.56 Å². The highest BCUT2D eigenvalue weighted by molar-refractivity contribution is 6.03. The van der Waals surface area contributed by atoms with Crippen LogP contribution in [0.5, 0.6) is 0 Å². The van der Waals surface area contributed by atoms with Gasteiger partial charge < -0.3 is 9.52 Å². The average molecular weight is 456 g/mol. The third kappa shape index (κ3) is 3.77. The summed E-state index contributed by atoms with van der Waals surface area (Å²) in [6, 6.07) is 17.1. The van der Waals surface area contributed by atoms with E-state index < -0.39 is 30.0 Å². The number of carbonyl (C=O) groups is 2. The van der Waals surface area contributed by atoms with Gasteiger partial charge in [0.1, 0.15) is 18.3 Å². The predicted molar refractivity (Wildman–Crippen MR) is 124 cm³/mol. The van der Waals surface area contributed by atoms with Gasteiger partial charge in [0.05, 0.1) is 17.4 Å². The van der Waals surface area contributed by atoms with Gasteiger partial charge in [0.15, 0.2) is 5.69 Å². The minimum absolute atomic E-state index is 0.176. The zero-order valence-corrected chi connectivity index (χ0v) is 18.2. The zero-order valence-electron chi connectivity index (χ0n) is 18.2. The summed E-state index contributed by atoms with van der Waals surface area (Å²) in [6.45, 7) is 1.52. The van der Waals surface area contributed by atoms with Crippen LogP contribution in [0.1, 0.15) is 39.8 Å². The Morgan fingerprint density at radius 2 is 1.79 bits per heavy atom. The second-order valence-electron chi connectivity index (χ2n) is 8.05. The molecule has 2 aromatic heterocycles. The third-order valence-electron chi connectivity index (χ3n) is 5.78. The number of amides is 1. The van der Waals surface area contributed by atoms with Gasteiger partial charge >= 0.3 is 5.97 Å². The van der Waals surface area contributed by atoms with Crippen molar-refractivity contribution in [3.8, 4) is 0 Å². The maximum Gasteiger partial charge on any atom is 0.357 e. The normalized spacial score (nSPS) is 15.5. The molecule has 1 N–H and O–H groups in total. The summed E-state index contributed by atoms with van der Waals surface area (Å²) in [5.41, 5.74) is 1.85. The van der Waals surface area contributed by atoms with E-state index in [1.165, 1.54) is 23.4 Å². The van der Waals surface area contributed by atoms with Gasteiger partial charge in [0.2, 0.25) is 0 Å². The van der Waals surface area contributed by atoms with E-state index in [4.69, 9.17) is 4.42 Å². The topological polar surface area (TPSA) is 118 Å². The molecular formula is C25H20N4O5. The number of benzene rings is 2. The SMILES string of the molecule is Cc1ccc(C2=NN(C(=O)Cn3nc(C(=O)O)c4ccccc4c3=O)[C@@H](c3ccco3)C2)cc1. The van der Waals surface area contributed by atoms with E-state index in [-0.39, 0.29) is 16.5 Å². The maximum absolute atomic E-state index is 13.4. The van der Waals surface area contributed by atoms with Gasteiger partial charge in [-0.25, -0.2) is 14.5 Å². The molecule has 0 saturated heterocycles. The molecule has 1 amide bonds. The molecule has 1 aliphatic rings. The summed E-state index contributed by atoms with van der Waals surface area (Å²) < 4.78 is 6.44. The van der Waals surface area contributed by atoms with Crippen molar-refractivity contribution in [1.82, 2.24) is 14.8 Å². The molecule has 0 aliphatic carbocycles. The van der Waals surface area contributed by atoms with E-state index in [9.17, 15) is 19.5 Å². The Balaban J connectivity index is 1.53. The maximum atomic E-state index is 13.4. The molecule has 0 unspecified atom stereocenters. The van der Waals surface area contributed by atoms with Crippen LogP contribution in [0, 0.1) is 6.92 Å². The number of hydrogen-bond acceptors (Lipinski definition) is 6. The number of carboxylic acids is 1. The zero-order chi connectivity index (χ0) is 23.8. The molecule has 5 rings (SSSR count). The summed E-state index contributed by atoms with van der Waals surface area (Å²) >= 11 is 0. The Labute approximate surface area is 193 Å².